The van der Waals surface area contributed by atoms with E-state index in [0.29, 0.717) is 36.9 Å². The highest BCUT2D eigenvalue weighted by Crippen LogP contribution is 2.32. The van der Waals surface area contributed by atoms with Crippen LogP contribution in [0, 0.1) is 13.8 Å². The Balaban J connectivity index is 1.39. The van der Waals surface area contributed by atoms with E-state index in [4.69, 9.17) is 14.6 Å². The van der Waals surface area contributed by atoms with Crippen LogP contribution in [0.5, 0.6) is 11.5 Å². The number of carbonyl (C=O) groups excluding carboxylic acids is 1. The highest BCUT2D eigenvalue weighted by atomic mass is 16.6. The molecule has 1 aliphatic heterocycles. The van der Waals surface area contributed by atoms with Crippen molar-refractivity contribution in [2.45, 2.75) is 20.4 Å². The summed E-state index contributed by atoms with van der Waals surface area (Å²) in [6, 6.07) is 15.6. The van der Waals surface area contributed by atoms with E-state index >= 15 is 0 Å². The van der Waals surface area contributed by atoms with Gasteiger partial charge in [-0.15, -0.1) is 0 Å². The molecular formula is C23H27N4O3+. The van der Waals surface area contributed by atoms with Gasteiger partial charge < -0.3 is 19.7 Å². The molecule has 156 valence electrons. The predicted octanol–water partition coefficient (Wildman–Crippen LogP) is 1.91. The lowest BCUT2D eigenvalue weighted by Gasteiger charge is -2.19. The number of para-hydroxylation sites is 1. The maximum atomic E-state index is 12.6. The molecule has 0 saturated heterocycles. The molecule has 1 aromatic heterocycles. The van der Waals surface area contributed by atoms with Crippen LogP contribution >= 0.6 is 0 Å². The first kappa shape index (κ1) is 20.0. The first-order valence-electron chi connectivity index (χ1n) is 10.1. The minimum Gasteiger partial charge on any atom is -0.486 e. The van der Waals surface area contributed by atoms with Crippen LogP contribution < -0.4 is 19.7 Å². The number of benzene rings is 2. The first-order chi connectivity index (χ1) is 14.5. The van der Waals surface area contributed by atoms with Gasteiger partial charge in [0.1, 0.15) is 19.8 Å². The number of quaternary nitrogens is 1. The molecule has 7 heteroatoms. The number of fused-ring (bicyclic) bond motifs is 1. The second-order valence-electron chi connectivity index (χ2n) is 7.61. The van der Waals surface area contributed by atoms with E-state index in [1.807, 2.05) is 61.1 Å². The Morgan fingerprint density at radius 3 is 2.60 bits per heavy atom. The third-order valence-corrected chi connectivity index (χ3v) is 5.21. The molecule has 1 aliphatic rings. The van der Waals surface area contributed by atoms with Gasteiger partial charge in [-0.25, -0.2) is 4.68 Å². The van der Waals surface area contributed by atoms with Gasteiger partial charge in [0.25, 0.3) is 5.91 Å². The van der Waals surface area contributed by atoms with Gasteiger partial charge in [-0.05, 0) is 38.1 Å². The lowest BCUT2D eigenvalue weighted by atomic mass is 10.2. The number of likely N-dealkylation sites (N-methyl/N-ethyl adjacent to an activating group) is 1. The lowest BCUT2D eigenvalue weighted by molar-refractivity contribution is -0.885. The number of hydrogen-bond acceptors (Lipinski definition) is 4. The zero-order chi connectivity index (χ0) is 21.1. The van der Waals surface area contributed by atoms with Gasteiger partial charge in [-0.3, -0.25) is 4.79 Å². The fourth-order valence-electron chi connectivity index (χ4n) is 3.72. The minimum atomic E-state index is -0.0464. The number of hydrogen-bond donors (Lipinski definition) is 2. The van der Waals surface area contributed by atoms with E-state index in [9.17, 15) is 4.79 Å². The molecule has 1 amide bonds. The summed E-state index contributed by atoms with van der Waals surface area (Å²) in [7, 11) is 2.02. The van der Waals surface area contributed by atoms with Crippen LogP contribution in [0.1, 0.15) is 17.0 Å². The smallest absolute Gasteiger partial charge is 0.279 e. The molecule has 3 aromatic rings. The third-order valence-electron chi connectivity index (χ3n) is 5.21. The van der Waals surface area contributed by atoms with Crippen molar-refractivity contribution in [2.75, 3.05) is 32.1 Å². The quantitative estimate of drug-likeness (QED) is 0.655. The van der Waals surface area contributed by atoms with Crippen LogP contribution in [0.25, 0.3) is 5.69 Å². The van der Waals surface area contributed by atoms with Gasteiger partial charge in [0.15, 0.2) is 18.0 Å². The monoisotopic (exact) mass is 407 g/mol. The summed E-state index contributed by atoms with van der Waals surface area (Å²) in [6.07, 6.45) is 0. The van der Waals surface area contributed by atoms with E-state index in [0.717, 1.165) is 28.5 Å². The second-order valence-corrected chi connectivity index (χ2v) is 7.61. The standard InChI is InChI=1S/C23H26N4O3/c1-16-20(17(2)27(25-16)19-7-5-4-6-8-19)14-26(3)15-23(28)24-18-9-10-21-22(13-18)30-12-11-29-21/h4-10,13H,11-12,14-15H2,1-3H3,(H,24,28)/p+1. The van der Waals surface area contributed by atoms with E-state index in [2.05, 4.69) is 12.2 Å². The topological polar surface area (TPSA) is 69.8 Å². The van der Waals surface area contributed by atoms with Gasteiger partial charge in [-0.1, -0.05) is 18.2 Å². The summed E-state index contributed by atoms with van der Waals surface area (Å²) in [5.41, 5.74) is 5.01. The average molecular weight is 407 g/mol. The molecule has 30 heavy (non-hydrogen) atoms. The Hall–Kier alpha value is -3.32. The van der Waals surface area contributed by atoms with Crippen molar-refractivity contribution in [1.29, 1.82) is 0 Å². The lowest BCUT2D eigenvalue weighted by Crippen LogP contribution is -3.08. The molecule has 1 unspecified atom stereocenters. The molecule has 2 heterocycles. The first-order valence-corrected chi connectivity index (χ1v) is 10.1. The third kappa shape index (κ3) is 4.31. The highest BCUT2D eigenvalue weighted by Gasteiger charge is 2.19. The maximum absolute atomic E-state index is 12.6. The molecule has 0 fully saturated rings. The highest BCUT2D eigenvalue weighted by molar-refractivity contribution is 5.91. The van der Waals surface area contributed by atoms with Crippen molar-refractivity contribution in [1.82, 2.24) is 9.78 Å². The summed E-state index contributed by atoms with van der Waals surface area (Å²) in [5, 5.41) is 7.65. The SMILES string of the molecule is Cc1nn(-c2ccccc2)c(C)c1C[NH+](C)CC(=O)Nc1ccc2c(c1)OCCO2. The van der Waals surface area contributed by atoms with Gasteiger partial charge >= 0.3 is 0 Å². The van der Waals surface area contributed by atoms with Crippen molar-refractivity contribution in [2.24, 2.45) is 0 Å². The van der Waals surface area contributed by atoms with Crippen LogP contribution in [0.4, 0.5) is 5.69 Å². The van der Waals surface area contributed by atoms with Crippen LogP contribution in [0.3, 0.4) is 0 Å². The number of anilines is 1. The fourth-order valence-corrected chi connectivity index (χ4v) is 3.72. The number of amides is 1. The summed E-state index contributed by atoms with van der Waals surface area (Å²) in [5.74, 6) is 1.33. The summed E-state index contributed by atoms with van der Waals surface area (Å²) in [6.45, 7) is 6.23. The van der Waals surface area contributed by atoms with E-state index < -0.39 is 0 Å². The number of aromatic nitrogens is 2. The molecule has 0 saturated carbocycles. The van der Waals surface area contributed by atoms with Crippen molar-refractivity contribution in [3.63, 3.8) is 0 Å². The molecule has 1 atom stereocenters. The Morgan fingerprint density at radius 2 is 1.83 bits per heavy atom. The van der Waals surface area contributed by atoms with Crippen LogP contribution in [0.15, 0.2) is 48.5 Å². The summed E-state index contributed by atoms with van der Waals surface area (Å²) >= 11 is 0. The van der Waals surface area contributed by atoms with Gasteiger partial charge in [0.05, 0.1) is 29.7 Å². The fraction of sp³-hybridized carbons (Fsp3) is 0.304. The normalized spacial score (nSPS) is 13.7. The molecule has 2 aromatic carbocycles. The number of nitrogens with one attached hydrogen (secondary N) is 2. The summed E-state index contributed by atoms with van der Waals surface area (Å²) < 4.78 is 13.1. The second kappa shape index (κ2) is 8.59. The largest absolute Gasteiger partial charge is 0.486 e. The molecule has 0 spiro atoms. The maximum Gasteiger partial charge on any atom is 0.279 e. The summed E-state index contributed by atoms with van der Waals surface area (Å²) in [4.78, 5) is 13.6. The molecule has 7 nitrogen and oxygen atoms in total. The van der Waals surface area contributed by atoms with Gasteiger partial charge in [-0.2, -0.15) is 5.10 Å². The van der Waals surface area contributed by atoms with Crippen molar-refractivity contribution in [3.05, 3.63) is 65.5 Å². The zero-order valence-corrected chi connectivity index (χ0v) is 17.6. The molecule has 0 bridgehead atoms. The number of nitrogens with zero attached hydrogens (tertiary/aromatic N) is 2. The Morgan fingerprint density at radius 1 is 1.10 bits per heavy atom. The molecule has 0 radical (unpaired) electrons. The predicted molar refractivity (Wildman–Crippen MR) is 115 cm³/mol. The number of ether oxygens (including phenoxy) is 2. The molecule has 2 N–H and O–H groups in total. The van der Waals surface area contributed by atoms with E-state index in [1.54, 1.807) is 6.07 Å². The van der Waals surface area contributed by atoms with Crippen molar-refractivity contribution >= 4 is 11.6 Å². The number of rotatable bonds is 6. The van der Waals surface area contributed by atoms with Crippen LogP contribution in [0.2, 0.25) is 0 Å². The van der Waals surface area contributed by atoms with Gasteiger partial charge in [0, 0.05) is 11.8 Å². The van der Waals surface area contributed by atoms with Crippen LogP contribution in [-0.2, 0) is 11.3 Å². The van der Waals surface area contributed by atoms with Crippen molar-refractivity contribution in [3.8, 4) is 17.2 Å². The number of carbonyl (C=O) groups is 1. The van der Waals surface area contributed by atoms with Gasteiger partial charge in [0.2, 0.25) is 0 Å². The minimum absolute atomic E-state index is 0.0464. The molecule has 4 rings (SSSR count). The van der Waals surface area contributed by atoms with Crippen LogP contribution in [-0.4, -0.2) is 42.5 Å². The number of aryl methyl sites for hydroxylation is 1. The Labute approximate surface area is 176 Å². The molecular weight excluding hydrogens is 380 g/mol. The van der Waals surface area contributed by atoms with E-state index in [1.165, 1.54) is 5.56 Å². The Kier molecular flexibility index (Phi) is 5.72. The molecule has 0 aliphatic carbocycles. The van der Waals surface area contributed by atoms with E-state index in [-0.39, 0.29) is 5.91 Å². The Bertz CT molecular complexity index is 1050. The zero-order valence-electron chi connectivity index (χ0n) is 17.6. The average Bonchev–Trinajstić information content (AvgIpc) is 3.02. The van der Waals surface area contributed by atoms with Crippen molar-refractivity contribution < 1.29 is 19.2 Å².